The highest BCUT2D eigenvalue weighted by molar-refractivity contribution is 6.33. The first kappa shape index (κ1) is 14.8. The lowest BCUT2D eigenvalue weighted by Gasteiger charge is -2.18. The number of hydrazone groups is 1. The highest BCUT2D eigenvalue weighted by atomic mass is 16.2. The van der Waals surface area contributed by atoms with Crippen LogP contribution in [-0.4, -0.2) is 35.3 Å². The van der Waals surface area contributed by atoms with E-state index in [0.29, 0.717) is 25.0 Å². The number of anilines is 1. The highest BCUT2D eigenvalue weighted by Crippen LogP contribution is 2.19. The predicted octanol–water partition coefficient (Wildman–Crippen LogP) is -0.132. The van der Waals surface area contributed by atoms with E-state index in [1.807, 2.05) is 0 Å². The van der Waals surface area contributed by atoms with E-state index in [4.69, 9.17) is 13.1 Å². The number of nitrogens with zero attached hydrogens (tertiary/aromatic N) is 4. The maximum absolute atomic E-state index is 11.8. The first-order valence-corrected chi connectivity index (χ1v) is 6.42. The summed E-state index contributed by atoms with van der Waals surface area (Å²) in [7, 11) is 5.60. The summed E-state index contributed by atoms with van der Waals surface area (Å²) >= 11 is 0. The predicted molar refractivity (Wildman–Crippen MR) is 76.2 cm³/mol. The van der Waals surface area contributed by atoms with Crippen LogP contribution in [0.25, 0.3) is 0 Å². The minimum Gasteiger partial charge on any atom is -0.298 e. The monoisotopic (exact) mass is 281 g/mol. The van der Waals surface area contributed by atoms with Crippen LogP contribution in [0.2, 0.25) is 0 Å². The van der Waals surface area contributed by atoms with E-state index in [0.717, 1.165) is 0 Å². The number of carbonyl (C=O) groups is 2. The fourth-order valence-electron chi connectivity index (χ4n) is 2.13. The van der Waals surface area contributed by atoms with E-state index in [2.05, 4.69) is 20.7 Å². The average molecular weight is 281 g/mol. The van der Waals surface area contributed by atoms with Gasteiger partial charge in [-0.25, -0.2) is 0 Å². The SMILES string of the molecule is [B]c1cc(N/N=C(\C)C2C(=O)CCCC2=O)nnc1C#N. The third kappa shape index (κ3) is 3.31. The van der Waals surface area contributed by atoms with E-state index in [9.17, 15) is 9.59 Å². The Morgan fingerprint density at radius 3 is 2.67 bits per heavy atom. The van der Waals surface area contributed by atoms with Crippen molar-refractivity contribution in [1.82, 2.24) is 10.2 Å². The molecule has 7 nitrogen and oxygen atoms in total. The molecule has 0 unspecified atom stereocenters. The summed E-state index contributed by atoms with van der Waals surface area (Å²) in [5.74, 6) is -0.768. The van der Waals surface area contributed by atoms with Crippen LogP contribution in [0.15, 0.2) is 11.2 Å². The maximum Gasteiger partial charge on any atom is 0.168 e. The number of nitrogens with one attached hydrogen (secondary N) is 1. The molecule has 104 valence electrons. The molecule has 21 heavy (non-hydrogen) atoms. The summed E-state index contributed by atoms with van der Waals surface area (Å²) in [5.41, 5.74) is 3.18. The average Bonchev–Trinajstić information content (AvgIpc) is 2.45. The third-order valence-electron chi connectivity index (χ3n) is 3.18. The molecule has 0 saturated heterocycles. The molecule has 1 aliphatic rings. The van der Waals surface area contributed by atoms with Gasteiger partial charge in [0.2, 0.25) is 0 Å². The molecule has 0 bridgehead atoms. The van der Waals surface area contributed by atoms with E-state index in [1.54, 1.807) is 13.0 Å². The molecule has 1 aromatic heterocycles. The van der Waals surface area contributed by atoms with Crippen molar-refractivity contribution in [1.29, 1.82) is 5.26 Å². The molecule has 0 amide bonds. The molecule has 1 saturated carbocycles. The zero-order chi connectivity index (χ0) is 15.4. The van der Waals surface area contributed by atoms with Crippen molar-refractivity contribution in [3.8, 4) is 6.07 Å². The van der Waals surface area contributed by atoms with Crippen LogP contribution >= 0.6 is 0 Å². The van der Waals surface area contributed by atoms with E-state index in [-0.39, 0.29) is 28.5 Å². The Kier molecular flexibility index (Phi) is 4.43. The Bertz CT molecular complexity index is 649. The van der Waals surface area contributed by atoms with Gasteiger partial charge < -0.3 is 0 Å². The van der Waals surface area contributed by atoms with Gasteiger partial charge in [0.15, 0.2) is 11.5 Å². The van der Waals surface area contributed by atoms with Gasteiger partial charge in [0.05, 0.1) is 5.71 Å². The Balaban J connectivity index is 2.13. The molecule has 1 heterocycles. The molecule has 8 heteroatoms. The summed E-state index contributed by atoms with van der Waals surface area (Å²) in [6, 6.07) is 3.21. The van der Waals surface area contributed by atoms with Gasteiger partial charge in [-0.1, -0.05) is 5.46 Å². The highest BCUT2D eigenvalue weighted by Gasteiger charge is 2.32. The first-order valence-electron chi connectivity index (χ1n) is 6.42. The lowest BCUT2D eigenvalue weighted by Crippen LogP contribution is -2.34. The van der Waals surface area contributed by atoms with Crippen LogP contribution in [0.4, 0.5) is 5.82 Å². The molecule has 1 aliphatic carbocycles. The maximum atomic E-state index is 11.8. The van der Waals surface area contributed by atoms with Crippen molar-refractivity contribution < 1.29 is 9.59 Å². The van der Waals surface area contributed by atoms with E-state index < -0.39 is 5.92 Å². The van der Waals surface area contributed by atoms with Crippen molar-refractivity contribution in [3.05, 3.63) is 11.8 Å². The molecule has 1 fully saturated rings. The third-order valence-corrected chi connectivity index (χ3v) is 3.18. The molecular formula is C13H12BN5O2. The number of ketones is 2. The summed E-state index contributed by atoms with van der Waals surface area (Å²) in [4.78, 5) is 23.6. The van der Waals surface area contributed by atoms with Gasteiger partial charge >= 0.3 is 0 Å². The van der Waals surface area contributed by atoms with Gasteiger partial charge in [-0.15, -0.1) is 10.2 Å². The van der Waals surface area contributed by atoms with E-state index in [1.165, 1.54) is 6.07 Å². The van der Waals surface area contributed by atoms with Gasteiger partial charge in [0.25, 0.3) is 0 Å². The quantitative estimate of drug-likeness (QED) is 0.358. The van der Waals surface area contributed by atoms with Gasteiger partial charge in [-0.2, -0.15) is 10.4 Å². The second-order valence-corrected chi connectivity index (χ2v) is 4.73. The second kappa shape index (κ2) is 6.26. The van der Waals surface area contributed by atoms with E-state index >= 15 is 0 Å². The first-order chi connectivity index (χ1) is 10.0. The van der Waals surface area contributed by atoms with Gasteiger partial charge in [0, 0.05) is 12.8 Å². The summed E-state index contributed by atoms with van der Waals surface area (Å²) in [5, 5.41) is 20.0. The number of carbonyl (C=O) groups excluding carboxylic acids is 2. The number of hydrogen-bond donors (Lipinski definition) is 1. The summed E-state index contributed by atoms with van der Waals surface area (Å²) in [6.07, 6.45) is 1.40. The number of rotatable bonds is 3. The number of hydrogen-bond acceptors (Lipinski definition) is 7. The molecule has 2 rings (SSSR count). The largest absolute Gasteiger partial charge is 0.298 e. The van der Waals surface area contributed by atoms with Crippen molar-refractivity contribution in [2.45, 2.75) is 26.2 Å². The molecule has 1 aromatic rings. The van der Waals surface area contributed by atoms with Gasteiger partial charge in [0.1, 0.15) is 31.4 Å². The van der Waals surface area contributed by atoms with Crippen molar-refractivity contribution >= 4 is 36.4 Å². The summed E-state index contributed by atoms with van der Waals surface area (Å²) < 4.78 is 0. The fraction of sp³-hybridized carbons (Fsp3) is 0.385. The topological polar surface area (TPSA) is 108 Å². The van der Waals surface area contributed by atoms with Crippen LogP contribution in [-0.2, 0) is 9.59 Å². The molecule has 0 atom stereocenters. The van der Waals surface area contributed by atoms with Crippen LogP contribution in [0, 0.1) is 17.2 Å². The van der Waals surface area contributed by atoms with Crippen molar-refractivity contribution in [3.63, 3.8) is 0 Å². The van der Waals surface area contributed by atoms with Crippen molar-refractivity contribution in [2.24, 2.45) is 11.0 Å². The number of aromatic nitrogens is 2. The Hall–Kier alpha value is -2.56. The smallest absolute Gasteiger partial charge is 0.168 e. The number of nitriles is 1. The van der Waals surface area contributed by atoms with Crippen LogP contribution in [0.1, 0.15) is 31.9 Å². The molecule has 0 aromatic carbocycles. The van der Waals surface area contributed by atoms with Crippen LogP contribution in [0.3, 0.4) is 0 Å². The second-order valence-electron chi connectivity index (χ2n) is 4.73. The zero-order valence-corrected chi connectivity index (χ0v) is 11.5. The molecule has 2 radical (unpaired) electrons. The molecule has 0 aliphatic heterocycles. The Morgan fingerprint density at radius 1 is 1.43 bits per heavy atom. The summed E-state index contributed by atoms with van der Waals surface area (Å²) in [6.45, 7) is 1.61. The Morgan fingerprint density at radius 2 is 2.10 bits per heavy atom. The van der Waals surface area contributed by atoms with Crippen molar-refractivity contribution in [2.75, 3.05) is 5.43 Å². The normalized spacial score (nSPS) is 16.7. The number of Topliss-reactive ketones (excluding diaryl/α,β-unsaturated/α-hetero) is 2. The van der Waals surface area contributed by atoms with Gasteiger partial charge in [-0.05, 0) is 19.4 Å². The lowest BCUT2D eigenvalue weighted by atomic mass is 9.84. The fourth-order valence-corrected chi connectivity index (χ4v) is 2.13. The van der Waals surface area contributed by atoms with Crippen LogP contribution < -0.4 is 10.9 Å². The molecular weight excluding hydrogens is 269 g/mol. The lowest BCUT2D eigenvalue weighted by molar-refractivity contribution is -0.132. The zero-order valence-electron chi connectivity index (χ0n) is 11.5. The van der Waals surface area contributed by atoms with Crippen LogP contribution in [0.5, 0.6) is 0 Å². The minimum absolute atomic E-state index is 0.0267. The minimum atomic E-state index is -0.782. The molecule has 0 spiro atoms. The Labute approximate surface area is 122 Å². The van der Waals surface area contributed by atoms with Gasteiger partial charge in [-0.3, -0.25) is 15.0 Å². The molecule has 1 N–H and O–H groups in total. The standard InChI is InChI=1S/C13H12BN5O2/c1-7(13-10(20)3-2-4-11(13)21)16-18-12-5-8(14)9(6-15)17-19-12/h5,13H,2-4H2,1H3,(H,18,19)/b16-7+.